The normalized spacial score (nSPS) is 18.5. The lowest BCUT2D eigenvalue weighted by Gasteiger charge is -2.36. The Balaban J connectivity index is 1.91. The molecule has 1 aromatic heterocycles. The van der Waals surface area contributed by atoms with Gasteiger partial charge in [0.1, 0.15) is 5.82 Å². The van der Waals surface area contributed by atoms with Crippen LogP contribution in [0.3, 0.4) is 0 Å². The molecular weight excluding hydrogens is 299 g/mol. The van der Waals surface area contributed by atoms with Crippen molar-refractivity contribution in [3.63, 3.8) is 0 Å². The molecule has 0 bridgehead atoms. The molecule has 0 aliphatic carbocycles. The first-order valence-electron chi connectivity index (χ1n) is 7.54. The van der Waals surface area contributed by atoms with Crippen LogP contribution in [0.4, 0.5) is 4.39 Å². The molecule has 1 amide bonds. The fourth-order valence-corrected chi connectivity index (χ4v) is 3.84. The second kappa shape index (κ2) is 6.58. The fraction of sp³-hybridized carbons (Fsp3) is 0.353. The number of benzene rings is 1. The summed E-state index contributed by atoms with van der Waals surface area (Å²) in [7, 11) is 0. The average Bonchev–Trinajstić information content (AvgIpc) is 3.03. The average molecular weight is 318 g/mol. The summed E-state index contributed by atoms with van der Waals surface area (Å²) in [5, 5.41) is 5.26. The minimum Gasteiger partial charge on any atom is -0.328 e. The highest BCUT2D eigenvalue weighted by atomic mass is 32.1. The van der Waals surface area contributed by atoms with Gasteiger partial charge in [0.05, 0.1) is 10.9 Å². The predicted octanol–water partition coefficient (Wildman–Crippen LogP) is 3.24. The number of hydrogen-bond acceptors (Lipinski definition) is 3. The van der Waals surface area contributed by atoms with Crippen molar-refractivity contribution in [1.29, 1.82) is 0 Å². The van der Waals surface area contributed by atoms with Gasteiger partial charge < -0.3 is 10.2 Å². The number of amides is 1. The van der Waals surface area contributed by atoms with Crippen molar-refractivity contribution >= 4 is 17.2 Å². The largest absolute Gasteiger partial charge is 0.328 e. The van der Waals surface area contributed by atoms with Crippen LogP contribution < -0.4 is 5.32 Å². The van der Waals surface area contributed by atoms with Crippen LogP contribution in [-0.4, -0.2) is 30.4 Å². The zero-order chi connectivity index (χ0) is 15.5. The summed E-state index contributed by atoms with van der Waals surface area (Å²) in [6, 6.07) is 8.43. The summed E-state index contributed by atoms with van der Waals surface area (Å²) in [6.45, 7) is 4.12. The second-order valence-corrected chi connectivity index (χ2v) is 6.32. The number of rotatable bonds is 3. The van der Waals surface area contributed by atoms with E-state index in [4.69, 9.17) is 0 Å². The maximum absolute atomic E-state index is 13.5. The number of carbonyl (C=O) groups excluding carboxylic acids is 1. The molecule has 22 heavy (non-hydrogen) atoms. The zero-order valence-corrected chi connectivity index (χ0v) is 13.3. The van der Waals surface area contributed by atoms with Crippen LogP contribution in [0.25, 0.3) is 0 Å². The summed E-state index contributed by atoms with van der Waals surface area (Å²) in [5.74, 6) is -0.205. The number of carbonyl (C=O) groups is 1. The molecule has 1 aliphatic heterocycles. The molecule has 1 N–H and O–H groups in total. The van der Waals surface area contributed by atoms with Gasteiger partial charge in [-0.1, -0.05) is 19.1 Å². The summed E-state index contributed by atoms with van der Waals surface area (Å²) in [5.41, 5.74) is 1.93. The quantitative estimate of drug-likeness (QED) is 0.942. The van der Waals surface area contributed by atoms with Gasteiger partial charge in [0.25, 0.3) is 5.91 Å². The van der Waals surface area contributed by atoms with Gasteiger partial charge in [-0.25, -0.2) is 4.39 Å². The van der Waals surface area contributed by atoms with Gasteiger partial charge in [-0.05, 0) is 41.1 Å². The molecule has 3 nitrogen and oxygen atoms in total. The first kappa shape index (κ1) is 15.2. The highest BCUT2D eigenvalue weighted by molar-refractivity contribution is 7.12. The van der Waals surface area contributed by atoms with Crippen molar-refractivity contribution in [1.82, 2.24) is 10.2 Å². The number of piperazine rings is 1. The Bertz CT molecular complexity index is 670. The summed E-state index contributed by atoms with van der Waals surface area (Å²) in [6.07, 6.45) is 0.849. The van der Waals surface area contributed by atoms with Crippen LogP contribution in [0.1, 0.15) is 33.8 Å². The van der Waals surface area contributed by atoms with Crippen molar-refractivity contribution in [3.8, 4) is 0 Å². The van der Waals surface area contributed by atoms with Crippen molar-refractivity contribution < 1.29 is 9.18 Å². The van der Waals surface area contributed by atoms with Crippen molar-refractivity contribution in [2.45, 2.75) is 19.4 Å². The Morgan fingerprint density at radius 3 is 3.09 bits per heavy atom. The third-order valence-corrected chi connectivity index (χ3v) is 5.00. The molecule has 3 rings (SSSR count). The van der Waals surface area contributed by atoms with Crippen LogP contribution in [-0.2, 0) is 6.42 Å². The zero-order valence-electron chi connectivity index (χ0n) is 12.5. The Morgan fingerprint density at radius 1 is 1.45 bits per heavy atom. The lowest BCUT2D eigenvalue weighted by atomic mass is 10.0. The fourth-order valence-electron chi connectivity index (χ4n) is 2.89. The Hall–Kier alpha value is -1.72. The maximum atomic E-state index is 13.5. The van der Waals surface area contributed by atoms with Crippen molar-refractivity contribution in [2.75, 3.05) is 19.6 Å². The standard InChI is InChI=1S/C17H19FN2OS/c1-2-12-6-9-22-16(12)17(21)20-8-7-19-11-15(20)13-4-3-5-14(18)10-13/h3-6,9-10,15,19H,2,7-8,11H2,1H3. The minimum atomic E-state index is -0.263. The number of halogens is 1. The van der Waals surface area contributed by atoms with E-state index in [2.05, 4.69) is 12.2 Å². The summed E-state index contributed by atoms with van der Waals surface area (Å²) >= 11 is 1.49. The van der Waals surface area contributed by atoms with Crippen LogP contribution in [0, 0.1) is 5.82 Å². The van der Waals surface area contributed by atoms with Crippen LogP contribution >= 0.6 is 11.3 Å². The van der Waals surface area contributed by atoms with Crippen LogP contribution in [0.15, 0.2) is 35.7 Å². The molecule has 116 valence electrons. The Morgan fingerprint density at radius 2 is 2.32 bits per heavy atom. The highest BCUT2D eigenvalue weighted by Crippen LogP contribution is 2.27. The van der Waals surface area contributed by atoms with Gasteiger partial charge in [0, 0.05) is 19.6 Å². The highest BCUT2D eigenvalue weighted by Gasteiger charge is 2.30. The number of nitrogens with zero attached hydrogens (tertiary/aromatic N) is 1. The molecule has 1 saturated heterocycles. The minimum absolute atomic E-state index is 0.0580. The number of nitrogens with one attached hydrogen (secondary N) is 1. The number of hydrogen-bond donors (Lipinski definition) is 1. The monoisotopic (exact) mass is 318 g/mol. The Kier molecular flexibility index (Phi) is 4.55. The van der Waals surface area contributed by atoms with E-state index in [9.17, 15) is 9.18 Å². The van der Waals surface area contributed by atoms with Gasteiger partial charge in [-0.2, -0.15) is 0 Å². The third kappa shape index (κ3) is 2.91. The van der Waals surface area contributed by atoms with Gasteiger partial charge >= 0.3 is 0 Å². The van der Waals surface area contributed by atoms with E-state index in [0.717, 1.165) is 29.0 Å². The van der Waals surface area contributed by atoms with E-state index >= 15 is 0 Å². The summed E-state index contributed by atoms with van der Waals surface area (Å²) in [4.78, 5) is 15.6. The molecule has 2 heterocycles. The van der Waals surface area contributed by atoms with Crippen LogP contribution in [0.2, 0.25) is 0 Å². The number of thiophene rings is 1. The first-order valence-corrected chi connectivity index (χ1v) is 8.42. The topological polar surface area (TPSA) is 32.3 Å². The van der Waals surface area contributed by atoms with Crippen molar-refractivity contribution in [3.05, 3.63) is 57.5 Å². The molecule has 0 saturated carbocycles. The van der Waals surface area contributed by atoms with E-state index in [1.807, 2.05) is 22.4 Å². The third-order valence-electron chi connectivity index (χ3n) is 4.06. The van der Waals surface area contributed by atoms with E-state index in [-0.39, 0.29) is 17.8 Å². The molecule has 1 atom stereocenters. The maximum Gasteiger partial charge on any atom is 0.264 e. The molecule has 1 aliphatic rings. The molecule has 1 unspecified atom stereocenters. The van der Waals surface area contributed by atoms with Crippen molar-refractivity contribution in [2.24, 2.45) is 0 Å². The lowest BCUT2D eigenvalue weighted by Crippen LogP contribution is -2.48. The van der Waals surface area contributed by atoms with Gasteiger partial charge in [0.15, 0.2) is 0 Å². The van der Waals surface area contributed by atoms with E-state index < -0.39 is 0 Å². The molecule has 1 aromatic carbocycles. The first-order chi connectivity index (χ1) is 10.7. The molecule has 5 heteroatoms. The van der Waals surface area contributed by atoms with Gasteiger partial charge in [-0.3, -0.25) is 4.79 Å². The molecule has 2 aromatic rings. The van der Waals surface area contributed by atoms with Gasteiger partial charge in [0.2, 0.25) is 0 Å². The van der Waals surface area contributed by atoms with E-state index in [1.165, 1.54) is 23.5 Å². The van der Waals surface area contributed by atoms with E-state index in [1.54, 1.807) is 6.07 Å². The SMILES string of the molecule is CCc1ccsc1C(=O)N1CCNCC1c1cccc(F)c1. The predicted molar refractivity (Wildman–Crippen MR) is 86.7 cm³/mol. The molecule has 1 fully saturated rings. The van der Waals surface area contributed by atoms with Crippen LogP contribution in [0.5, 0.6) is 0 Å². The molecular formula is C17H19FN2OS. The number of aryl methyl sites for hydroxylation is 1. The Labute approximate surface area is 133 Å². The van der Waals surface area contributed by atoms with Gasteiger partial charge in [-0.15, -0.1) is 11.3 Å². The van der Waals surface area contributed by atoms with E-state index in [0.29, 0.717) is 13.1 Å². The second-order valence-electron chi connectivity index (χ2n) is 5.40. The lowest BCUT2D eigenvalue weighted by molar-refractivity contribution is 0.0638. The smallest absolute Gasteiger partial charge is 0.264 e. The molecule has 0 radical (unpaired) electrons. The molecule has 0 spiro atoms. The summed E-state index contributed by atoms with van der Waals surface area (Å²) < 4.78 is 13.5.